The molecule has 1 aromatic carbocycles. The van der Waals surface area contributed by atoms with Crippen LogP contribution < -0.4 is 5.73 Å². The molecule has 1 rings (SSSR count). The summed E-state index contributed by atoms with van der Waals surface area (Å²) in [5.41, 5.74) is 6.40. The molecule has 0 bridgehead atoms. The molecule has 3 nitrogen and oxygen atoms in total. The van der Waals surface area contributed by atoms with E-state index in [1.165, 1.54) is 0 Å². The van der Waals surface area contributed by atoms with Crippen LogP contribution in [0, 0.1) is 0 Å². The molecule has 2 atom stereocenters. The molecule has 0 spiro atoms. The molecule has 0 heterocycles. The number of aliphatic hydroxyl groups is 2. The van der Waals surface area contributed by atoms with Gasteiger partial charge in [0, 0.05) is 21.6 Å². The summed E-state index contributed by atoms with van der Waals surface area (Å²) in [5.74, 6) is 0. The molecule has 1 aromatic rings. The van der Waals surface area contributed by atoms with Crippen molar-refractivity contribution in [1.82, 2.24) is 0 Å². The van der Waals surface area contributed by atoms with Gasteiger partial charge < -0.3 is 15.9 Å². The fraction of sp³-hybridized carbons (Fsp3) is 0.333. The zero-order valence-electron chi connectivity index (χ0n) is 7.32. The lowest BCUT2D eigenvalue weighted by molar-refractivity contribution is 0.0348. The highest BCUT2D eigenvalue weighted by Crippen LogP contribution is 2.30. The Balaban J connectivity index is 3.05. The Morgan fingerprint density at radius 2 is 2.07 bits per heavy atom. The fourth-order valence-corrected chi connectivity index (χ4v) is 1.79. The summed E-state index contributed by atoms with van der Waals surface area (Å²) in [4.78, 5) is 0. The molecule has 5 heteroatoms. The average Bonchev–Trinajstić information content (AvgIpc) is 2.16. The minimum absolute atomic E-state index is 0.263. The molecule has 0 aliphatic rings. The second kappa shape index (κ2) is 4.98. The predicted molar refractivity (Wildman–Crippen MR) is 60.6 cm³/mol. The van der Waals surface area contributed by atoms with Crippen molar-refractivity contribution in [2.45, 2.75) is 12.2 Å². The van der Waals surface area contributed by atoms with Gasteiger partial charge in [0.25, 0.3) is 0 Å². The van der Waals surface area contributed by atoms with Crippen LogP contribution in [-0.2, 0) is 0 Å². The maximum absolute atomic E-state index is 9.71. The van der Waals surface area contributed by atoms with E-state index in [4.69, 9.17) is 17.3 Å². The molecular weight excluding hydrogens is 269 g/mol. The normalized spacial score (nSPS) is 15.1. The number of hydrogen-bond donors (Lipinski definition) is 3. The summed E-state index contributed by atoms with van der Waals surface area (Å²) in [5, 5.41) is 19.7. The van der Waals surface area contributed by atoms with Gasteiger partial charge in [0.15, 0.2) is 0 Å². The van der Waals surface area contributed by atoms with E-state index in [0.29, 0.717) is 16.3 Å². The molecule has 78 valence electrons. The molecule has 0 aliphatic carbocycles. The average molecular weight is 281 g/mol. The minimum atomic E-state index is -1.07. The number of halogens is 2. The molecule has 0 radical (unpaired) electrons. The van der Waals surface area contributed by atoms with Gasteiger partial charge in [0.05, 0.1) is 6.10 Å². The Bertz CT molecular complexity index is 301. The molecule has 0 aliphatic heterocycles. The van der Waals surface area contributed by atoms with Gasteiger partial charge in [0.1, 0.15) is 6.10 Å². The highest BCUT2D eigenvalue weighted by atomic mass is 79.9. The van der Waals surface area contributed by atoms with Crippen LogP contribution in [0.2, 0.25) is 5.02 Å². The zero-order chi connectivity index (χ0) is 10.7. The van der Waals surface area contributed by atoms with E-state index < -0.39 is 12.2 Å². The Morgan fingerprint density at radius 3 is 2.57 bits per heavy atom. The van der Waals surface area contributed by atoms with Crippen molar-refractivity contribution < 1.29 is 10.2 Å². The van der Waals surface area contributed by atoms with E-state index in [9.17, 15) is 10.2 Å². The van der Waals surface area contributed by atoms with Crippen LogP contribution >= 0.6 is 27.5 Å². The number of nitrogens with two attached hydrogens (primary N) is 1. The highest BCUT2D eigenvalue weighted by Gasteiger charge is 2.21. The van der Waals surface area contributed by atoms with Gasteiger partial charge in [-0.2, -0.15) is 0 Å². The molecule has 0 fully saturated rings. The summed E-state index contributed by atoms with van der Waals surface area (Å²) in [6.45, 7) is 0. The topological polar surface area (TPSA) is 66.5 Å². The van der Waals surface area contributed by atoms with Gasteiger partial charge in [-0.3, -0.25) is 0 Å². The Hall–Kier alpha value is -0.290. The second-order valence-electron chi connectivity index (χ2n) is 2.91. The largest absolute Gasteiger partial charge is 0.398 e. The van der Waals surface area contributed by atoms with Gasteiger partial charge in [0.2, 0.25) is 0 Å². The number of benzene rings is 1. The van der Waals surface area contributed by atoms with Crippen LogP contribution in [0.4, 0.5) is 5.69 Å². The van der Waals surface area contributed by atoms with Crippen LogP contribution in [0.3, 0.4) is 0 Å². The fourth-order valence-electron chi connectivity index (χ4n) is 1.14. The molecule has 0 amide bonds. The van der Waals surface area contributed by atoms with Crippen LogP contribution in [0.25, 0.3) is 0 Å². The zero-order valence-corrected chi connectivity index (χ0v) is 9.66. The van der Waals surface area contributed by atoms with Crippen molar-refractivity contribution in [1.29, 1.82) is 0 Å². The molecule has 4 N–H and O–H groups in total. The summed E-state index contributed by atoms with van der Waals surface area (Å²) in [6, 6.07) is 4.94. The number of alkyl halides is 1. The van der Waals surface area contributed by atoms with E-state index in [0.717, 1.165) is 0 Å². The smallest absolute Gasteiger partial charge is 0.109 e. The molecule has 0 saturated heterocycles. The van der Waals surface area contributed by atoms with E-state index >= 15 is 0 Å². The molecular formula is C9H11BrClNO2. The van der Waals surface area contributed by atoms with Crippen molar-refractivity contribution in [3.05, 3.63) is 28.8 Å². The first kappa shape index (κ1) is 11.8. The maximum atomic E-state index is 9.71. The summed E-state index contributed by atoms with van der Waals surface area (Å²) >= 11 is 8.93. The first-order valence-electron chi connectivity index (χ1n) is 4.04. The van der Waals surface area contributed by atoms with Crippen molar-refractivity contribution in [3.8, 4) is 0 Å². The molecule has 2 unspecified atom stereocenters. The van der Waals surface area contributed by atoms with Gasteiger partial charge in [-0.1, -0.05) is 33.6 Å². The van der Waals surface area contributed by atoms with E-state index in [-0.39, 0.29) is 5.33 Å². The Morgan fingerprint density at radius 1 is 1.43 bits per heavy atom. The molecule has 0 aromatic heterocycles. The van der Waals surface area contributed by atoms with Crippen molar-refractivity contribution in [2.75, 3.05) is 11.1 Å². The maximum Gasteiger partial charge on any atom is 0.109 e. The third-order valence-electron chi connectivity index (χ3n) is 1.90. The lowest BCUT2D eigenvalue weighted by Crippen LogP contribution is -2.20. The van der Waals surface area contributed by atoms with Crippen LogP contribution in [0.15, 0.2) is 18.2 Å². The van der Waals surface area contributed by atoms with Gasteiger partial charge in [-0.25, -0.2) is 0 Å². The lowest BCUT2D eigenvalue weighted by Gasteiger charge is -2.18. The van der Waals surface area contributed by atoms with E-state index in [1.807, 2.05) is 0 Å². The SMILES string of the molecule is Nc1cccc(Cl)c1C(O)C(O)CBr. The quantitative estimate of drug-likeness (QED) is 0.583. The standard InChI is InChI=1S/C9H11BrClNO2/c10-4-7(13)9(14)8-5(11)2-1-3-6(8)12/h1-3,7,9,13-14H,4,12H2. The van der Waals surface area contributed by atoms with Crippen molar-refractivity contribution in [3.63, 3.8) is 0 Å². The number of anilines is 1. The van der Waals surface area contributed by atoms with Crippen molar-refractivity contribution >= 4 is 33.2 Å². The molecule has 0 saturated carbocycles. The summed E-state index contributed by atoms with van der Waals surface area (Å²) in [7, 11) is 0. The van der Waals surface area contributed by atoms with Gasteiger partial charge >= 0.3 is 0 Å². The van der Waals surface area contributed by atoms with Crippen LogP contribution in [-0.4, -0.2) is 21.6 Å². The Kier molecular flexibility index (Phi) is 4.19. The monoisotopic (exact) mass is 279 g/mol. The first-order chi connectivity index (χ1) is 6.57. The lowest BCUT2D eigenvalue weighted by atomic mass is 10.0. The third-order valence-corrected chi connectivity index (χ3v) is 2.90. The van der Waals surface area contributed by atoms with Gasteiger partial charge in [-0.15, -0.1) is 0 Å². The number of hydrogen-bond acceptors (Lipinski definition) is 3. The van der Waals surface area contributed by atoms with E-state index in [2.05, 4.69) is 15.9 Å². The number of nitrogen functional groups attached to an aromatic ring is 1. The Labute approximate surface area is 95.6 Å². The number of rotatable bonds is 3. The summed E-state index contributed by atoms with van der Waals surface area (Å²) < 4.78 is 0. The van der Waals surface area contributed by atoms with Crippen LogP contribution in [0.1, 0.15) is 11.7 Å². The summed E-state index contributed by atoms with van der Waals surface area (Å²) in [6.07, 6.45) is -1.99. The third kappa shape index (κ3) is 2.39. The second-order valence-corrected chi connectivity index (χ2v) is 3.96. The van der Waals surface area contributed by atoms with Crippen molar-refractivity contribution in [2.24, 2.45) is 0 Å². The molecule has 14 heavy (non-hydrogen) atoms. The minimum Gasteiger partial charge on any atom is -0.398 e. The van der Waals surface area contributed by atoms with Crippen LogP contribution in [0.5, 0.6) is 0 Å². The van der Waals surface area contributed by atoms with Gasteiger partial charge in [-0.05, 0) is 12.1 Å². The highest BCUT2D eigenvalue weighted by molar-refractivity contribution is 9.09. The first-order valence-corrected chi connectivity index (χ1v) is 5.54. The number of aliphatic hydroxyl groups excluding tert-OH is 2. The van der Waals surface area contributed by atoms with E-state index in [1.54, 1.807) is 18.2 Å². The predicted octanol–water partition coefficient (Wildman–Crippen LogP) is 1.71.